The molecule has 0 heterocycles. The van der Waals surface area contributed by atoms with Gasteiger partial charge in [0.25, 0.3) is 5.69 Å². The first-order valence-corrected chi connectivity index (χ1v) is 5.22. The molecular weight excluding hydrogens is 259 g/mol. The smallest absolute Gasteiger partial charge is 0.258 e. The van der Waals surface area contributed by atoms with Crippen LogP contribution in [0.5, 0.6) is 0 Å². The van der Waals surface area contributed by atoms with Crippen LogP contribution in [0.15, 0.2) is 42.5 Å². The number of hydrogen-bond donors (Lipinski definition) is 0. The van der Waals surface area contributed by atoms with Gasteiger partial charge in [0, 0.05) is 17.7 Å². The Kier molecular flexibility index (Phi) is 3.25. The van der Waals surface area contributed by atoms with Gasteiger partial charge in [-0.05, 0) is 29.8 Å². The van der Waals surface area contributed by atoms with Crippen LogP contribution >= 0.6 is 0 Å². The van der Waals surface area contributed by atoms with E-state index in [-0.39, 0.29) is 16.8 Å². The molecule has 3 nitrogen and oxygen atoms in total. The van der Waals surface area contributed by atoms with Gasteiger partial charge >= 0.3 is 6.18 Å². The summed E-state index contributed by atoms with van der Waals surface area (Å²) in [6, 6.07) is 11.0. The van der Waals surface area contributed by atoms with Gasteiger partial charge in [0.05, 0.1) is 10.5 Å². The van der Waals surface area contributed by atoms with Crippen molar-refractivity contribution in [3.05, 3.63) is 64.2 Å². The van der Waals surface area contributed by atoms with Gasteiger partial charge in [0.2, 0.25) is 0 Å². The first-order chi connectivity index (χ1) is 8.89. The van der Waals surface area contributed by atoms with E-state index in [0.717, 1.165) is 18.2 Å². The van der Waals surface area contributed by atoms with Gasteiger partial charge in [-0.15, -0.1) is 0 Å². The molecule has 1 radical (unpaired) electrons. The normalized spacial score (nSPS) is 11.3. The maximum atomic E-state index is 12.8. The molecule has 19 heavy (non-hydrogen) atoms. The Hall–Kier alpha value is -2.37. The monoisotopic (exact) mass is 266 g/mol. The van der Waals surface area contributed by atoms with Gasteiger partial charge in [-0.25, -0.2) is 0 Å². The standard InChI is InChI=1S/C13H7F3NO2/c14-13(15,16)12-4-2-1-3-11(12)9-5-7-10(8-6-9)17(18)19/h1-2,4-8H. The quantitative estimate of drug-likeness (QED) is 0.607. The summed E-state index contributed by atoms with van der Waals surface area (Å²) >= 11 is 0. The van der Waals surface area contributed by atoms with E-state index < -0.39 is 16.7 Å². The second-order valence-electron chi connectivity index (χ2n) is 3.76. The molecule has 0 aliphatic rings. The van der Waals surface area contributed by atoms with Crippen molar-refractivity contribution in [1.82, 2.24) is 0 Å². The van der Waals surface area contributed by atoms with Crippen LogP contribution < -0.4 is 0 Å². The average Bonchev–Trinajstić information content (AvgIpc) is 2.38. The van der Waals surface area contributed by atoms with E-state index in [1.165, 1.54) is 24.3 Å². The lowest BCUT2D eigenvalue weighted by Crippen LogP contribution is -2.06. The van der Waals surface area contributed by atoms with Crippen LogP contribution in [-0.2, 0) is 6.18 Å². The van der Waals surface area contributed by atoms with Crippen molar-refractivity contribution in [1.29, 1.82) is 0 Å². The highest BCUT2D eigenvalue weighted by atomic mass is 19.4. The number of benzene rings is 2. The van der Waals surface area contributed by atoms with Crippen LogP contribution in [0.25, 0.3) is 11.1 Å². The van der Waals surface area contributed by atoms with Gasteiger partial charge in [0.15, 0.2) is 0 Å². The molecule has 97 valence electrons. The molecule has 0 saturated heterocycles. The minimum atomic E-state index is -4.49. The molecule has 0 unspecified atom stereocenters. The summed E-state index contributed by atoms with van der Waals surface area (Å²) in [6.07, 6.45) is -4.49. The van der Waals surface area contributed by atoms with Crippen molar-refractivity contribution >= 4 is 5.69 Å². The number of non-ortho nitro benzene ring substituents is 1. The summed E-state index contributed by atoms with van der Waals surface area (Å²) in [4.78, 5) is 9.88. The van der Waals surface area contributed by atoms with Crippen molar-refractivity contribution < 1.29 is 18.1 Å². The highest BCUT2D eigenvalue weighted by molar-refractivity contribution is 5.68. The third-order valence-electron chi connectivity index (χ3n) is 2.53. The van der Waals surface area contributed by atoms with Crippen molar-refractivity contribution in [3.8, 4) is 11.1 Å². The molecule has 6 heteroatoms. The van der Waals surface area contributed by atoms with Crippen LogP contribution in [0, 0.1) is 16.2 Å². The lowest BCUT2D eigenvalue weighted by atomic mass is 9.99. The number of rotatable bonds is 2. The highest BCUT2D eigenvalue weighted by Gasteiger charge is 2.33. The molecular formula is C13H7F3NO2. The molecule has 0 bridgehead atoms. The average molecular weight is 266 g/mol. The predicted octanol–water partition coefficient (Wildman–Crippen LogP) is 4.08. The number of nitro groups is 1. The maximum Gasteiger partial charge on any atom is 0.417 e. The van der Waals surface area contributed by atoms with Gasteiger partial charge in [-0.3, -0.25) is 10.1 Å². The number of hydrogen-bond acceptors (Lipinski definition) is 2. The lowest BCUT2D eigenvalue weighted by Gasteiger charge is -2.12. The molecule has 2 aromatic carbocycles. The van der Waals surface area contributed by atoms with E-state index in [9.17, 15) is 23.3 Å². The van der Waals surface area contributed by atoms with Gasteiger partial charge < -0.3 is 0 Å². The molecule has 0 aliphatic heterocycles. The van der Waals surface area contributed by atoms with Crippen LogP contribution in [0.4, 0.5) is 18.9 Å². The van der Waals surface area contributed by atoms with Crippen molar-refractivity contribution in [2.24, 2.45) is 0 Å². The fourth-order valence-electron chi connectivity index (χ4n) is 1.66. The summed E-state index contributed by atoms with van der Waals surface area (Å²) in [5, 5.41) is 10.5. The summed E-state index contributed by atoms with van der Waals surface area (Å²) < 4.78 is 38.4. The summed E-state index contributed by atoms with van der Waals surface area (Å²) in [6.45, 7) is 0. The Morgan fingerprint density at radius 3 is 2.26 bits per heavy atom. The number of halogens is 3. The summed E-state index contributed by atoms with van der Waals surface area (Å²) in [5.74, 6) is 0. The predicted molar refractivity (Wildman–Crippen MR) is 62.4 cm³/mol. The molecule has 0 saturated carbocycles. The summed E-state index contributed by atoms with van der Waals surface area (Å²) in [5.41, 5.74) is -0.875. The number of alkyl halides is 3. The fourth-order valence-corrected chi connectivity index (χ4v) is 1.66. The Morgan fingerprint density at radius 1 is 1.11 bits per heavy atom. The largest absolute Gasteiger partial charge is 0.417 e. The highest BCUT2D eigenvalue weighted by Crippen LogP contribution is 2.36. The third-order valence-corrected chi connectivity index (χ3v) is 2.53. The number of nitrogens with zero attached hydrogens (tertiary/aromatic N) is 1. The zero-order valence-electron chi connectivity index (χ0n) is 9.44. The van der Waals surface area contributed by atoms with Crippen LogP contribution in [0.2, 0.25) is 0 Å². The first-order valence-electron chi connectivity index (χ1n) is 5.22. The third kappa shape index (κ3) is 2.73. The van der Waals surface area contributed by atoms with E-state index >= 15 is 0 Å². The van der Waals surface area contributed by atoms with E-state index in [1.54, 1.807) is 0 Å². The Bertz CT molecular complexity index is 606. The Morgan fingerprint density at radius 2 is 1.74 bits per heavy atom. The SMILES string of the molecule is O=[N+]([O-])c1ccc(-c2[c]cccc2C(F)(F)F)cc1. The first kappa shape index (κ1) is 13.1. The molecule has 0 aromatic heterocycles. The zero-order chi connectivity index (χ0) is 14.0. The fraction of sp³-hybridized carbons (Fsp3) is 0.0769. The molecule has 2 rings (SSSR count). The molecule has 0 spiro atoms. The number of nitro benzene ring substituents is 1. The second kappa shape index (κ2) is 4.72. The molecule has 0 fully saturated rings. The van der Waals surface area contributed by atoms with Crippen LogP contribution in [0.3, 0.4) is 0 Å². The van der Waals surface area contributed by atoms with Gasteiger partial charge in [0.1, 0.15) is 0 Å². The summed E-state index contributed by atoms with van der Waals surface area (Å²) in [7, 11) is 0. The molecule has 0 amide bonds. The van der Waals surface area contributed by atoms with Gasteiger partial charge in [-0.2, -0.15) is 13.2 Å². The lowest BCUT2D eigenvalue weighted by molar-refractivity contribution is -0.384. The molecule has 0 aliphatic carbocycles. The Balaban J connectivity index is 2.50. The maximum absolute atomic E-state index is 12.8. The topological polar surface area (TPSA) is 43.1 Å². The van der Waals surface area contributed by atoms with E-state index in [2.05, 4.69) is 6.07 Å². The van der Waals surface area contributed by atoms with Crippen LogP contribution in [-0.4, -0.2) is 4.92 Å². The van der Waals surface area contributed by atoms with Crippen LogP contribution in [0.1, 0.15) is 5.56 Å². The molecule has 0 atom stereocenters. The van der Waals surface area contributed by atoms with Gasteiger partial charge in [-0.1, -0.05) is 12.1 Å². The minimum absolute atomic E-state index is 0.120. The van der Waals surface area contributed by atoms with E-state index in [0.29, 0.717) is 0 Å². The van der Waals surface area contributed by atoms with Crippen molar-refractivity contribution in [3.63, 3.8) is 0 Å². The van der Waals surface area contributed by atoms with Crippen molar-refractivity contribution in [2.45, 2.75) is 6.18 Å². The van der Waals surface area contributed by atoms with E-state index in [4.69, 9.17) is 0 Å². The molecule has 0 N–H and O–H groups in total. The molecule has 2 aromatic rings. The Labute approximate surface area is 106 Å². The second-order valence-corrected chi connectivity index (χ2v) is 3.76. The zero-order valence-corrected chi connectivity index (χ0v) is 9.44. The van der Waals surface area contributed by atoms with E-state index in [1.807, 2.05) is 0 Å². The van der Waals surface area contributed by atoms with Crippen molar-refractivity contribution in [2.75, 3.05) is 0 Å². The minimum Gasteiger partial charge on any atom is -0.258 e.